The van der Waals surface area contributed by atoms with Crippen molar-refractivity contribution in [2.75, 3.05) is 25.6 Å². The third-order valence-corrected chi connectivity index (χ3v) is 6.45. The highest BCUT2D eigenvalue weighted by Gasteiger charge is 2.48. The number of carbonyl (C=O) groups is 2. The molecule has 144 valence electrons. The average Bonchev–Trinajstić information content (AvgIpc) is 2.98. The second kappa shape index (κ2) is 8.88. The van der Waals surface area contributed by atoms with Crippen LogP contribution in [-0.2, 0) is 23.2 Å². The van der Waals surface area contributed by atoms with Gasteiger partial charge >= 0.3 is 7.60 Å². The Morgan fingerprint density at radius 3 is 2.54 bits per heavy atom. The number of amides is 1. The normalized spacial score (nSPS) is 20.9. The van der Waals surface area contributed by atoms with E-state index in [1.807, 2.05) is 0 Å². The zero-order valence-corrected chi connectivity index (χ0v) is 16.3. The number of hydrogen-bond donors (Lipinski definition) is 1. The average molecular weight is 384 g/mol. The van der Waals surface area contributed by atoms with Crippen molar-refractivity contribution in [2.45, 2.75) is 39.1 Å². The summed E-state index contributed by atoms with van der Waals surface area (Å²) in [5.41, 5.74) is 0.998. The predicted octanol–water partition coefficient (Wildman–Crippen LogP) is 3.06. The van der Waals surface area contributed by atoms with E-state index in [2.05, 4.69) is 5.32 Å². The Morgan fingerprint density at radius 2 is 1.96 bits per heavy atom. The minimum Gasteiger partial charge on any atom is -0.324 e. The number of hydroxylamine groups is 2. The number of anilines is 1. The van der Waals surface area contributed by atoms with Crippen molar-refractivity contribution in [3.05, 3.63) is 29.8 Å². The Hall–Kier alpha value is -1.57. The van der Waals surface area contributed by atoms with Gasteiger partial charge < -0.3 is 14.4 Å². The lowest BCUT2D eigenvalue weighted by Crippen LogP contribution is -2.28. The van der Waals surface area contributed by atoms with Crippen LogP contribution in [0.2, 0.25) is 0 Å². The van der Waals surface area contributed by atoms with Gasteiger partial charge in [0.05, 0.1) is 13.2 Å². The summed E-state index contributed by atoms with van der Waals surface area (Å²) < 4.78 is 23.6. The van der Waals surface area contributed by atoms with Crippen LogP contribution in [0, 0.1) is 0 Å². The Labute approximate surface area is 153 Å². The highest BCUT2D eigenvalue weighted by Crippen LogP contribution is 2.57. The van der Waals surface area contributed by atoms with Gasteiger partial charge in [-0.1, -0.05) is 12.1 Å². The maximum Gasteiger partial charge on any atom is 0.350 e. The van der Waals surface area contributed by atoms with E-state index in [1.165, 1.54) is 12.0 Å². The molecule has 0 bridgehead atoms. The fourth-order valence-corrected chi connectivity index (χ4v) is 4.79. The van der Waals surface area contributed by atoms with Crippen LogP contribution in [0.4, 0.5) is 5.69 Å². The summed E-state index contributed by atoms with van der Waals surface area (Å²) in [7, 11) is -1.83. The maximum absolute atomic E-state index is 12.9. The summed E-state index contributed by atoms with van der Waals surface area (Å²) in [6.07, 6.45) is -0.660. The fraction of sp³-hybridized carbons (Fsp3) is 0.529. The largest absolute Gasteiger partial charge is 0.350 e. The highest BCUT2D eigenvalue weighted by atomic mass is 31.2. The zero-order valence-electron chi connectivity index (χ0n) is 15.4. The first-order valence-corrected chi connectivity index (χ1v) is 10.1. The molecule has 0 spiro atoms. The number of Topliss-reactive ketones (excluding diaryl/α,β-unsaturated/α-hetero) is 1. The van der Waals surface area contributed by atoms with E-state index >= 15 is 0 Å². The van der Waals surface area contributed by atoms with E-state index < -0.39 is 19.5 Å². The summed E-state index contributed by atoms with van der Waals surface area (Å²) >= 11 is 0. The molecule has 1 aromatic rings. The Kier molecular flexibility index (Phi) is 7.08. The number of ketones is 1. The van der Waals surface area contributed by atoms with E-state index in [4.69, 9.17) is 13.9 Å². The molecular weight excluding hydrogens is 359 g/mol. The lowest BCUT2D eigenvalue weighted by atomic mass is 10.1. The second-order valence-corrected chi connectivity index (χ2v) is 8.05. The first kappa shape index (κ1) is 20.7. The molecule has 1 fully saturated rings. The van der Waals surface area contributed by atoms with Gasteiger partial charge in [0, 0.05) is 24.7 Å². The molecule has 26 heavy (non-hydrogen) atoms. The van der Waals surface area contributed by atoms with Gasteiger partial charge in [0.2, 0.25) is 0 Å². The minimum absolute atomic E-state index is 0.0904. The van der Waals surface area contributed by atoms with Gasteiger partial charge in [-0.15, -0.1) is 0 Å². The molecule has 1 saturated heterocycles. The number of benzene rings is 1. The Bertz CT molecular complexity index is 700. The van der Waals surface area contributed by atoms with Crippen molar-refractivity contribution < 1.29 is 28.0 Å². The zero-order chi connectivity index (χ0) is 19.3. The molecule has 1 aliphatic rings. The highest BCUT2D eigenvalue weighted by molar-refractivity contribution is 7.54. The van der Waals surface area contributed by atoms with Crippen LogP contribution in [0.3, 0.4) is 0 Å². The van der Waals surface area contributed by atoms with E-state index in [1.54, 1.807) is 45.2 Å². The second-order valence-electron chi connectivity index (χ2n) is 5.86. The SMILES string of the molecule is CCOP(=O)(OCC)[C@@H]1C[C@@H](C(=O)Nc2cccc(C(C)=O)c2)ON1C. The molecule has 1 heterocycles. The van der Waals surface area contributed by atoms with Crippen molar-refractivity contribution in [1.29, 1.82) is 0 Å². The third kappa shape index (κ3) is 4.78. The number of hydrogen-bond acceptors (Lipinski definition) is 7. The minimum atomic E-state index is -3.43. The standard InChI is InChI=1S/C17H25N2O6P/c1-5-23-26(22,24-6-2)16-11-15(25-19(16)4)17(21)18-14-9-7-8-13(10-14)12(3)20/h7-10,15-16H,5-6,11H2,1-4H3,(H,18,21)/t15-,16+/m0/s1. The molecule has 0 aromatic heterocycles. The van der Waals surface area contributed by atoms with Gasteiger partial charge in [-0.2, -0.15) is 5.06 Å². The molecule has 8 nitrogen and oxygen atoms in total. The molecule has 2 rings (SSSR count). The van der Waals surface area contributed by atoms with Crippen LogP contribution in [0.1, 0.15) is 37.6 Å². The van der Waals surface area contributed by atoms with Crippen LogP contribution in [-0.4, -0.2) is 48.9 Å². The lowest BCUT2D eigenvalue weighted by Gasteiger charge is -2.25. The molecule has 9 heteroatoms. The molecular formula is C17H25N2O6P. The maximum atomic E-state index is 12.9. The van der Waals surface area contributed by atoms with E-state index in [9.17, 15) is 14.2 Å². The Morgan fingerprint density at radius 1 is 1.31 bits per heavy atom. The topological polar surface area (TPSA) is 94.2 Å². The molecule has 1 N–H and O–H groups in total. The van der Waals surface area contributed by atoms with Crippen LogP contribution in [0.15, 0.2) is 24.3 Å². The summed E-state index contributed by atoms with van der Waals surface area (Å²) in [5.74, 6) is -1.14. The smallest absolute Gasteiger partial charge is 0.324 e. The number of carbonyl (C=O) groups excluding carboxylic acids is 2. The molecule has 0 saturated carbocycles. The van der Waals surface area contributed by atoms with Gasteiger partial charge in [-0.05, 0) is 32.9 Å². The molecule has 0 radical (unpaired) electrons. The number of nitrogens with one attached hydrogen (secondary N) is 1. The van der Waals surface area contributed by atoms with Crippen LogP contribution < -0.4 is 5.32 Å². The van der Waals surface area contributed by atoms with Crippen molar-refractivity contribution in [3.63, 3.8) is 0 Å². The predicted molar refractivity (Wildman–Crippen MR) is 97.0 cm³/mol. The van der Waals surface area contributed by atoms with E-state index in [0.717, 1.165) is 0 Å². The van der Waals surface area contributed by atoms with Crippen LogP contribution in [0.25, 0.3) is 0 Å². The van der Waals surface area contributed by atoms with Gasteiger partial charge in [-0.3, -0.25) is 19.0 Å². The molecule has 0 unspecified atom stereocenters. The van der Waals surface area contributed by atoms with Crippen molar-refractivity contribution in [1.82, 2.24) is 5.06 Å². The van der Waals surface area contributed by atoms with Gasteiger partial charge in [-0.25, -0.2) is 0 Å². The van der Waals surface area contributed by atoms with E-state index in [-0.39, 0.29) is 31.3 Å². The molecule has 1 aliphatic heterocycles. The summed E-state index contributed by atoms with van der Waals surface area (Å²) in [6.45, 7) is 5.38. The lowest BCUT2D eigenvalue weighted by molar-refractivity contribution is -0.155. The number of nitrogens with zero attached hydrogens (tertiary/aromatic N) is 1. The Balaban J connectivity index is 2.08. The van der Waals surface area contributed by atoms with Gasteiger partial charge in [0.1, 0.15) is 5.78 Å². The number of rotatable bonds is 8. The molecule has 1 amide bonds. The fourth-order valence-electron chi connectivity index (χ4n) is 2.74. The van der Waals surface area contributed by atoms with Gasteiger partial charge in [0.25, 0.3) is 5.91 Å². The van der Waals surface area contributed by atoms with Crippen molar-refractivity contribution in [3.8, 4) is 0 Å². The van der Waals surface area contributed by atoms with Crippen molar-refractivity contribution >= 4 is 25.0 Å². The summed E-state index contributed by atoms with van der Waals surface area (Å²) in [6, 6.07) is 6.65. The molecule has 2 atom stereocenters. The summed E-state index contributed by atoms with van der Waals surface area (Å²) in [5, 5.41) is 4.08. The van der Waals surface area contributed by atoms with Gasteiger partial charge in [0.15, 0.2) is 11.9 Å². The van der Waals surface area contributed by atoms with Crippen molar-refractivity contribution in [2.24, 2.45) is 0 Å². The molecule has 0 aliphatic carbocycles. The quantitative estimate of drug-likeness (QED) is 0.544. The third-order valence-electron chi connectivity index (χ3n) is 3.95. The monoisotopic (exact) mass is 384 g/mol. The van der Waals surface area contributed by atoms with E-state index in [0.29, 0.717) is 11.3 Å². The summed E-state index contributed by atoms with van der Waals surface area (Å²) in [4.78, 5) is 29.5. The first-order valence-electron chi connectivity index (χ1n) is 8.51. The first-order chi connectivity index (χ1) is 12.3. The van der Waals surface area contributed by atoms with Crippen LogP contribution >= 0.6 is 7.60 Å². The van der Waals surface area contributed by atoms with Crippen LogP contribution in [0.5, 0.6) is 0 Å². The molecule has 1 aromatic carbocycles.